The highest BCUT2D eigenvalue weighted by molar-refractivity contribution is 5.89. The number of hydrogen-bond acceptors (Lipinski definition) is 6. The van der Waals surface area contributed by atoms with Gasteiger partial charge in [-0.05, 0) is 44.9 Å². The molecule has 166 valence electrons. The molecule has 0 saturated carbocycles. The van der Waals surface area contributed by atoms with E-state index in [0.29, 0.717) is 11.1 Å². The Bertz CT molecular complexity index is 1180. The highest BCUT2D eigenvalue weighted by atomic mass is 19.1. The summed E-state index contributed by atoms with van der Waals surface area (Å²) in [4.78, 5) is 49.7. The monoisotopic (exact) mass is 434 g/mol. The SMILES string of the molecule is CC(=O)O[C@]1(C)[C@@H](c2cccc(C(=O)O)c2C)O[C@@H](n2cc(C)c(=O)[nH]c2=O)[C@]1(C)F. The van der Waals surface area contributed by atoms with Gasteiger partial charge in [-0.25, -0.2) is 14.0 Å². The van der Waals surface area contributed by atoms with Gasteiger partial charge in [0.25, 0.3) is 5.56 Å². The number of nitrogens with one attached hydrogen (secondary N) is 1. The molecule has 1 aromatic carbocycles. The van der Waals surface area contributed by atoms with E-state index in [1.807, 2.05) is 0 Å². The summed E-state index contributed by atoms with van der Waals surface area (Å²) in [5, 5.41) is 9.45. The van der Waals surface area contributed by atoms with Crippen molar-refractivity contribution in [2.24, 2.45) is 0 Å². The Morgan fingerprint density at radius 2 is 1.90 bits per heavy atom. The van der Waals surface area contributed by atoms with Crippen molar-refractivity contribution in [3.8, 4) is 0 Å². The Labute approximate surface area is 176 Å². The van der Waals surface area contributed by atoms with Crippen molar-refractivity contribution in [2.75, 3.05) is 0 Å². The zero-order chi connectivity index (χ0) is 23.3. The van der Waals surface area contributed by atoms with Gasteiger partial charge in [-0.1, -0.05) is 12.1 Å². The normalized spacial score (nSPS) is 27.8. The first kappa shape index (κ1) is 22.4. The molecule has 1 aliphatic rings. The van der Waals surface area contributed by atoms with Gasteiger partial charge in [-0.2, -0.15) is 0 Å². The Hall–Kier alpha value is -3.27. The summed E-state index contributed by atoms with van der Waals surface area (Å²) in [6, 6.07) is 4.41. The fraction of sp³-hybridized carbons (Fsp3) is 0.429. The number of halogens is 1. The standard InChI is InChI=1S/C21H23FN2O7/c1-10-9-24(19(29)23-16(10)26)18-20(4,22)21(5,31-12(3)25)15(30-18)13-7-6-8-14(11(13)2)17(27)28/h6-9,15,18H,1-5H3,(H,27,28)(H,23,26,29)/t15-,18-,20+,21-/m1/s1. The number of carboxylic acids is 1. The number of esters is 1. The van der Waals surface area contributed by atoms with Gasteiger partial charge >= 0.3 is 17.6 Å². The molecule has 1 aromatic heterocycles. The lowest BCUT2D eigenvalue weighted by Crippen LogP contribution is -2.52. The first-order chi connectivity index (χ1) is 14.3. The number of H-pyrrole nitrogens is 1. The van der Waals surface area contributed by atoms with Crippen LogP contribution in [0.2, 0.25) is 0 Å². The fourth-order valence-electron chi connectivity index (χ4n) is 3.97. The number of aromatic amines is 1. The van der Waals surface area contributed by atoms with Gasteiger partial charge < -0.3 is 14.6 Å². The quantitative estimate of drug-likeness (QED) is 0.706. The Morgan fingerprint density at radius 3 is 2.48 bits per heavy atom. The number of nitrogens with zero attached hydrogens (tertiary/aromatic N) is 1. The Kier molecular flexibility index (Phi) is 5.39. The summed E-state index contributed by atoms with van der Waals surface area (Å²) in [5.74, 6) is -1.96. The molecule has 0 aliphatic carbocycles. The van der Waals surface area contributed by atoms with Crippen LogP contribution in [-0.2, 0) is 14.3 Å². The molecule has 1 fully saturated rings. The van der Waals surface area contributed by atoms with Crippen LogP contribution in [0.3, 0.4) is 0 Å². The minimum absolute atomic E-state index is 0.0210. The summed E-state index contributed by atoms with van der Waals surface area (Å²) >= 11 is 0. The molecule has 0 amide bonds. The second-order valence-corrected chi connectivity index (χ2v) is 7.95. The van der Waals surface area contributed by atoms with Gasteiger partial charge in [-0.15, -0.1) is 0 Å². The predicted molar refractivity (Wildman–Crippen MR) is 107 cm³/mol. The number of aryl methyl sites for hydroxylation is 1. The van der Waals surface area contributed by atoms with Crippen LogP contribution in [0, 0.1) is 13.8 Å². The van der Waals surface area contributed by atoms with Crippen LogP contribution in [0.15, 0.2) is 34.0 Å². The number of carbonyl (C=O) groups is 2. The maximum atomic E-state index is 16.3. The van der Waals surface area contributed by atoms with Crippen molar-refractivity contribution < 1.29 is 28.6 Å². The molecule has 0 bridgehead atoms. The average Bonchev–Trinajstić information content (AvgIpc) is 2.84. The largest absolute Gasteiger partial charge is 0.478 e. The molecular formula is C21H23FN2O7. The molecule has 0 radical (unpaired) electrons. The third-order valence-electron chi connectivity index (χ3n) is 5.84. The summed E-state index contributed by atoms with van der Waals surface area (Å²) < 4.78 is 28.6. The van der Waals surface area contributed by atoms with Crippen LogP contribution < -0.4 is 11.2 Å². The number of benzene rings is 1. The Balaban J connectivity index is 2.25. The average molecular weight is 434 g/mol. The van der Waals surface area contributed by atoms with E-state index in [9.17, 15) is 24.3 Å². The molecule has 3 rings (SSSR count). The minimum atomic E-state index is -2.44. The molecule has 10 heteroatoms. The lowest BCUT2D eigenvalue weighted by atomic mass is 9.80. The number of hydrogen-bond donors (Lipinski definition) is 2. The minimum Gasteiger partial charge on any atom is -0.478 e. The molecule has 1 aliphatic heterocycles. The fourth-order valence-corrected chi connectivity index (χ4v) is 3.97. The van der Waals surface area contributed by atoms with E-state index >= 15 is 4.39 Å². The highest BCUT2D eigenvalue weighted by Crippen LogP contribution is 2.56. The van der Waals surface area contributed by atoms with Gasteiger partial charge in [0.2, 0.25) is 0 Å². The van der Waals surface area contributed by atoms with Gasteiger partial charge in [0.15, 0.2) is 17.5 Å². The van der Waals surface area contributed by atoms with Crippen molar-refractivity contribution in [3.05, 3.63) is 67.5 Å². The number of carboxylic acid groups (broad SMARTS) is 1. The number of aromatic nitrogens is 2. The van der Waals surface area contributed by atoms with Crippen molar-refractivity contribution >= 4 is 11.9 Å². The highest BCUT2D eigenvalue weighted by Gasteiger charge is 2.67. The van der Waals surface area contributed by atoms with E-state index in [4.69, 9.17) is 9.47 Å². The third kappa shape index (κ3) is 3.46. The second-order valence-electron chi connectivity index (χ2n) is 7.95. The van der Waals surface area contributed by atoms with Crippen LogP contribution in [0.25, 0.3) is 0 Å². The smallest absolute Gasteiger partial charge is 0.335 e. The molecule has 0 unspecified atom stereocenters. The van der Waals surface area contributed by atoms with Crippen LogP contribution in [0.5, 0.6) is 0 Å². The van der Waals surface area contributed by atoms with E-state index < -0.39 is 46.8 Å². The molecule has 2 aromatic rings. The second kappa shape index (κ2) is 7.45. The molecule has 2 heterocycles. The first-order valence-electron chi connectivity index (χ1n) is 9.50. The van der Waals surface area contributed by atoms with E-state index in [1.165, 1.54) is 39.1 Å². The van der Waals surface area contributed by atoms with Gasteiger partial charge in [0.05, 0.1) is 5.56 Å². The maximum absolute atomic E-state index is 16.3. The maximum Gasteiger partial charge on any atom is 0.335 e. The number of aromatic carboxylic acids is 1. The van der Waals surface area contributed by atoms with E-state index in [2.05, 4.69) is 4.98 Å². The van der Waals surface area contributed by atoms with Crippen LogP contribution in [0.4, 0.5) is 4.39 Å². The van der Waals surface area contributed by atoms with Crippen molar-refractivity contribution in [1.82, 2.24) is 9.55 Å². The number of ether oxygens (including phenoxy) is 2. The first-order valence-corrected chi connectivity index (χ1v) is 9.50. The van der Waals surface area contributed by atoms with Crippen LogP contribution in [0.1, 0.15) is 60.2 Å². The van der Waals surface area contributed by atoms with Crippen LogP contribution >= 0.6 is 0 Å². The summed E-state index contributed by atoms with van der Waals surface area (Å²) in [6.07, 6.45) is -1.64. The van der Waals surface area contributed by atoms with E-state index in [0.717, 1.165) is 18.4 Å². The topological polar surface area (TPSA) is 128 Å². The zero-order valence-electron chi connectivity index (χ0n) is 17.7. The molecule has 2 N–H and O–H groups in total. The van der Waals surface area contributed by atoms with Gasteiger partial charge in [0.1, 0.15) is 6.10 Å². The molecule has 31 heavy (non-hydrogen) atoms. The molecular weight excluding hydrogens is 411 g/mol. The number of alkyl halides is 1. The Morgan fingerprint density at radius 1 is 1.26 bits per heavy atom. The number of carbonyl (C=O) groups excluding carboxylic acids is 1. The van der Waals surface area contributed by atoms with Crippen LogP contribution in [-0.4, -0.2) is 37.9 Å². The molecule has 0 spiro atoms. The van der Waals surface area contributed by atoms with Crippen molar-refractivity contribution in [3.63, 3.8) is 0 Å². The number of rotatable bonds is 4. The lowest BCUT2D eigenvalue weighted by molar-refractivity contribution is -0.174. The van der Waals surface area contributed by atoms with Gasteiger partial charge in [0, 0.05) is 18.7 Å². The zero-order valence-corrected chi connectivity index (χ0v) is 17.7. The van der Waals surface area contributed by atoms with Crippen molar-refractivity contribution in [1.29, 1.82) is 0 Å². The van der Waals surface area contributed by atoms with Crippen molar-refractivity contribution in [2.45, 2.75) is 58.2 Å². The molecule has 9 nitrogen and oxygen atoms in total. The summed E-state index contributed by atoms with van der Waals surface area (Å²) in [7, 11) is 0. The predicted octanol–water partition coefficient (Wildman–Crippen LogP) is 2.17. The summed E-state index contributed by atoms with van der Waals surface area (Å²) in [6.45, 7) is 6.56. The summed E-state index contributed by atoms with van der Waals surface area (Å²) in [5.41, 5.74) is -5.15. The molecule has 1 saturated heterocycles. The van der Waals surface area contributed by atoms with E-state index in [-0.39, 0.29) is 11.1 Å². The van der Waals surface area contributed by atoms with Gasteiger partial charge in [-0.3, -0.25) is 19.1 Å². The van der Waals surface area contributed by atoms with E-state index in [1.54, 1.807) is 6.07 Å². The third-order valence-corrected chi connectivity index (χ3v) is 5.84. The molecule has 4 atom stereocenters. The lowest BCUT2D eigenvalue weighted by Gasteiger charge is -2.37.